The van der Waals surface area contributed by atoms with Gasteiger partial charge >= 0.3 is 0 Å². The normalized spacial score (nSPS) is 10.6. The Hall–Kier alpha value is -0.990. The van der Waals surface area contributed by atoms with Gasteiger partial charge in [0.05, 0.1) is 5.02 Å². The largest absolute Gasteiger partial charge is 0.328 e. The van der Waals surface area contributed by atoms with Crippen molar-refractivity contribution in [3.8, 4) is 0 Å². The summed E-state index contributed by atoms with van der Waals surface area (Å²) in [6.07, 6.45) is 1.58. The van der Waals surface area contributed by atoms with Crippen LogP contribution >= 0.6 is 23.2 Å². The van der Waals surface area contributed by atoms with E-state index in [4.69, 9.17) is 23.2 Å². The van der Waals surface area contributed by atoms with Crippen molar-refractivity contribution < 1.29 is 0 Å². The second-order valence-corrected chi connectivity index (χ2v) is 3.53. The molecule has 0 aliphatic carbocycles. The summed E-state index contributed by atoms with van der Waals surface area (Å²) in [5.41, 5.74) is -0.161. The molecule has 0 unspecified atom stereocenters. The summed E-state index contributed by atoms with van der Waals surface area (Å²) in [5, 5.41) is 2.62. The van der Waals surface area contributed by atoms with Crippen LogP contribution in [0.4, 0.5) is 0 Å². The predicted octanol–water partition coefficient (Wildman–Crippen LogP) is 2.83. The quantitative estimate of drug-likeness (QED) is 0.718. The zero-order valence-electron chi connectivity index (χ0n) is 6.47. The minimum atomic E-state index is -0.161. The maximum atomic E-state index is 11.0. The van der Waals surface area contributed by atoms with Crippen molar-refractivity contribution in [1.82, 2.24) is 4.98 Å². The predicted molar refractivity (Wildman–Crippen MR) is 54.6 cm³/mol. The molecule has 0 bridgehead atoms. The molecule has 4 heteroatoms. The maximum absolute atomic E-state index is 11.0. The monoisotopic (exact) mass is 213 g/mol. The molecule has 0 aliphatic heterocycles. The number of nitrogens with one attached hydrogen (secondary N) is 1. The lowest BCUT2D eigenvalue weighted by molar-refractivity contribution is 1.27. The van der Waals surface area contributed by atoms with E-state index in [1.807, 2.05) is 0 Å². The molecule has 0 atom stereocenters. The van der Waals surface area contributed by atoms with Gasteiger partial charge < -0.3 is 4.98 Å². The molecule has 13 heavy (non-hydrogen) atoms. The van der Waals surface area contributed by atoms with E-state index in [-0.39, 0.29) is 5.56 Å². The van der Waals surface area contributed by atoms with E-state index in [2.05, 4.69) is 4.98 Å². The molecule has 1 aromatic carbocycles. The molecule has 0 saturated carbocycles. The second-order valence-electron chi connectivity index (χ2n) is 2.69. The molecule has 66 valence electrons. The fraction of sp³-hybridized carbons (Fsp3) is 0. The average molecular weight is 214 g/mol. The number of pyridine rings is 1. The molecule has 1 N–H and O–H groups in total. The summed E-state index contributed by atoms with van der Waals surface area (Å²) < 4.78 is 0. The molecule has 0 amide bonds. The van der Waals surface area contributed by atoms with Crippen LogP contribution in [0.2, 0.25) is 10.0 Å². The van der Waals surface area contributed by atoms with E-state index >= 15 is 0 Å². The Morgan fingerprint density at radius 2 is 1.92 bits per heavy atom. The molecule has 0 aliphatic rings. The van der Waals surface area contributed by atoms with Gasteiger partial charge in [-0.1, -0.05) is 23.2 Å². The molecule has 2 nitrogen and oxygen atoms in total. The number of rotatable bonds is 0. The minimum Gasteiger partial charge on any atom is -0.328 e. The molecular weight excluding hydrogens is 209 g/mol. The van der Waals surface area contributed by atoms with Crippen molar-refractivity contribution in [1.29, 1.82) is 0 Å². The molecule has 2 aromatic rings. The molecule has 0 fully saturated rings. The molecule has 0 saturated heterocycles. The zero-order chi connectivity index (χ0) is 9.42. The van der Waals surface area contributed by atoms with Crippen molar-refractivity contribution in [3.05, 3.63) is 44.8 Å². The third-order valence-corrected chi connectivity index (χ3v) is 2.30. The van der Waals surface area contributed by atoms with E-state index in [1.165, 1.54) is 6.07 Å². The van der Waals surface area contributed by atoms with Gasteiger partial charge in [0.25, 0.3) is 0 Å². The number of aromatic nitrogens is 1. The van der Waals surface area contributed by atoms with Crippen LogP contribution < -0.4 is 5.56 Å². The van der Waals surface area contributed by atoms with E-state index in [9.17, 15) is 4.79 Å². The number of fused-ring (bicyclic) bond motifs is 1. The van der Waals surface area contributed by atoms with Crippen LogP contribution in [-0.2, 0) is 0 Å². The highest BCUT2D eigenvalue weighted by Gasteiger charge is 2.01. The lowest BCUT2D eigenvalue weighted by Crippen LogP contribution is -2.01. The van der Waals surface area contributed by atoms with E-state index in [0.717, 1.165) is 10.8 Å². The van der Waals surface area contributed by atoms with Crippen molar-refractivity contribution >= 4 is 34.0 Å². The summed E-state index contributed by atoms with van der Waals surface area (Å²) in [5.74, 6) is 0. The summed E-state index contributed by atoms with van der Waals surface area (Å²) in [4.78, 5) is 13.5. The van der Waals surface area contributed by atoms with Gasteiger partial charge in [-0.3, -0.25) is 4.79 Å². The van der Waals surface area contributed by atoms with Gasteiger partial charge in [0.1, 0.15) is 0 Å². The van der Waals surface area contributed by atoms with Gasteiger partial charge in [-0.15, -0.1) is 0 Å². The number of aromatic amines is 1. The first-order valence-corrected chi connectivity index (χ1v) is 4.40. The van der Waals surface area contributed by atoms with Crippen LogP contribution in [0.5, 0.6) is 0 Å². The zero-order valence-corrected chi connectivity index (χ0v) is 7.99. The third kappa shape index (κ3) is 1.55. The first-order chi connectivity index (χ1) is 6.16. The van der Waals surface area contributed by atoms with Gasteiger partial charge in [0, 0.05) is 22.7 Å². The summed E-state index contributed by atoms with van der Waals surface area (Å²) in [7, 11) is 0. The molecule has 1 aromatic heterocycles. The van der Waals surface area contributed by atoms with Crippen molar-refractivity contribution in [2.24, 2.45) is 0 Å². The number of benzene rings is 1. The first-order valence-electron chi connectivity index (χ1n) is 3.64. The fourth-order valence-electron chi connectivity index (χ4n) is 1.20. The Labute approximate surface area is 84.1 Å². The van der Waals surface area contributed by atoms with Gasteiger partial charge in [0.2, 0.25) is 5.56 Å². The average Bonchev–Trinajstić information content (AvgIpc) is 2.02. The summed E-state index contributed by atoms with van der Waals surface area (Å²) in [6.45, 7) is 0. The Bertz CT molecular complexity index is 518. The maximum Gasteiger partial charge on any atom is 0.248 e. The van der Waals surface area contributed by atoms with Gasteiger partial charge in [0.15, 0.2) is 0 Å². The highest BCUT2D eigenvalue weighted by atomic mass is 35.5. The molecule has 0 spiro atoms. The first kappa shape index (κ1) is 8.60. The molecule has 0 radical (unpaired) electrons. The summed E-state index contributed by atoms with van der Waals surface area (Å²) in [6, 6.07) is 4.81. The molecule has 1 heterocycles. The van der Waals surface area contributed by atoms with E-state index < -0.39 is 0 Å². The topological polar surface area (TPSA) is 32.9 Å². The van der Waals surface area contributed by atoms with Crippen molar-refractivity contribution in [3.63, 3.8) is 0 Å². The number of halogens is 2. The Kier molecular flexibility index (Phi) is 2.02. The van der Waals surface area contributed by atoms with E-state index in [1.54, 1.807) is 18.3 Å². The van der Waals surface area contributed by atoms with Crippen LogP contribution in [-0.4, -0.2) is 4.98 Å². The van der Waals surface area contributed by atoms with Crippen LogP contribution in [0.3, 0.4) is 0 Å². The second kappa shape index (κ2) is 3.05. The minimum absolute atomic E-state index is 0.161. The highest BCUT2D eigenvalue weighted by molar-refractivity contribution is 6.38. The van der Waals surface area contributed by atoms with Gasteiger partial charge in [-0.25, -0.2) is 0 Å². The van der Waals surface area contributed by atoms with E-state index in [0.29, 0.717) is 10.0 Å². The molecule has 2 rings (SSSR count). The number of H-pyrrole nitrogens is 1. The Morgan fingerprint density at radius 3 is 2.69 bits per heavy atom. The SMILES string of the molecule is O=c1cc2cc(Cl)cc(Cl)c2c[nH]1. The standard InChI is InChI=1S/C9H5Cl2NO/c10-6-1-5-2-9(13)12-4-7(5)8(11)3-6/h1-4H,(H,12,13). The highest BCUT2D eigenvalue weighted by Crippen LogP contribution is 2.25. The van der Waals surface area contributed by atoms with Crippen LogP contribution in [0.25, 0.3) is 10.8 Å². The third-order valence-electron chi connectivity index (χ3n) is 1.77. The number of hydrogen-bond donors (Lipinski definition) is 1. The van der Waals surface area contributed by atoms with Crippen LogP contribution in [0.1, 0.15) is 0 Å². The van der Waals surface area contributed by atoms with Gasteiger partial charge in [-0.05, 0) is 17.5 Å². The van der Waals surface area contributed by atoms with Crippen LogP contribution in [0.15, 0.2) is 29.2 Å². The van der Waals surface area contributed by atoms with Crippen molar-refractivity contribution in [2.75, 3.05) is 0 Å². The fourth-order valence-corrected chi connectivity index (χ4v) is 1.77. The Morgan fingerprint density at radius 1 is 1.15 bits per heavy atom. The smallest absolute Gasteiger partial charge is 0.248 e. The summed E-state index contributed by atoms with van der Waals surface area (Å²) >= 11 is 11.7. The lowest BCUT2D eigenvalue weighted by atomic mass is 10.2. The molecular formula is C9H5Cl2NO. The number of hydrogen-bond acceptors (Lipinski definition) is 1. The lowest BCUT2D eigenvalue weighted by Gasteiger charge is -1.99. The van der Waals surface area contributed by atoms with Gasteiger partial charge in [-0.2, -0.15) is 0 Å². The van der Waals surface area contributed by atoms with Crippen LogP contribution in [0, 0.1) is 0 Å². The van der Waals surface area contributed by atoms with Crippen molar-refractivity contribution in [2.45, 2.75) is 0 Å². The Balaban J connectivity index is 2.94.